The molecule has 0 aliphatic carbocycles. The van der Waals surface area contributed by atoms with Crippen molar-refractivity contribution in [2.24, 2.45) is 5.92 Å². The molecule has 0 aromatic carbocycles. The smallest absolute Gasteiger partial charge is 0.462 e. The van der Waals surface area contributed by atoms with Gasteiger partial charge in [-0.25, -0.2) is 9.13 Å². The van der Waals surface area contributed by atoms with Crippen molar-refractivity contribution < 1.29 is 80.2 Å². The van der Waals surface area contributed by atoms with E-state index in [1.54, 1.807) is 0 Å². The minimum absolute atomic E-state index is 0.108. The van der Waals surface area contributed by atoms with Gasteiger partial charge >= 0.3 is 39.5 Å². The van der Waals surface area contributed by atoms with Gasteiger partial charge < -0.3 is 33.8 Å². The lowest BCUT2D eigenvalue weighted by atomic mass is 10.0. The minimum Gasteiger partial charge on any atom is -0.462 e. The highest BCUT2D eigenvalue weighted by molar-refractivity contribution is 7.47. The molecular weight excluding hydrogens is 1330 g/mol. The SMILES string of the molecule is CCCCCCCCCCCCCCCCCCCCCCCCC(=O)O[C@H](COC(=O)CCCCCCCCCCCCCCCC(C)C)COP(=O)(O)OC[C@@H](O)COP(=O)(O)OC[C@@H](COC(=O)CCCCCCCCCCCCCC)OC(=O)CCCCCCCCCCCCCC. The summed E-state index contributed by atoms with van der Waals surface area (Å²) in [5, 5.41) is 10.7. The van der Waals surface area contributed by atoms with Crippen molar-refractivity contribution in [1.82, 2.24) is 0 Å². The van der Waals surface area contributed by atoms with Crippen molar-refractivity contribution in [3.8, 4) is 0 Å². The summed E-state index contributed by atoms with van der Waals surface area (Å²) in [4.78, 5) is 73.1. The molecule has 3 N–H and O–H groups in total. The summed E-state index contributed by atoms with van der Waals surface area (Å²) in [7, 11) is -9.92. The van der Waals surface area contributed by atoms with Gasteiger partial charge in [0, 0.05) is 25.7 Å². The van der Waals surface area contributed by atoms with Crippen molar-refractivity contribution in [2.45, 2.75) is 464 Å². The lowest BCUT2D eigenvalue weighted by molar-refractivity contribution is -0.161. The quantitative estimate of drug-likeness (QED) is 0.0222. The monoisotopic (exact) mass is 1490 g/mol. The zero-order valence-electron chi connectivity index (χ0n) is 66.8. The van der Waals surface area contributed by atoms with Gasteiger partial charge in [-0.05, 0) is 31.6 Å². The highest BCUT2D eigenvalue weighted by Crippen LogP contribution is 2.45. The van der Waals surface area contributed by atoms with Crippen molar-refractivity contribution in [1.29, 1.82) is 0 Å². The second-order valence-electron chi connectivity index (χ2n) is 30.3. The largest absolute Gasteiger partial charge is 0.472 e. The Balaban J connectivity index is 5.21. The summed E-state index contributed by atoms with van der Waals surface area (Å²) in [6.07, 6.45) is 68.0. The lowest BCUT2D eigenvalue weighted by Gasteiger charge is -2.21. The summed E-state index contributed by atoms with van der Waals surface area (Å²) in [6.45, 7) is 7.36. The molecule has 19 heteroatoms. The van der Waals surface area contributed by atoms with Crippen LogP contribution in [0.2, 0.25) is 0 Å². The number of hydrogen-bond donors (Lipinski definition) is 3. The Bertz CT molecular complexity index is 1940. The third kappa shape index (κ3) is 76.3. The third-order valence-corrected chi connectivity index (χ3v) is 21.4. The van der Waals surface area contributed by atoms with Crippen LogP contribution in [0.25, 0.3) is 0 Å². The van der Waals surface area contributed by atoms with Gasteiger partial charge in [-0.3, -0.25) is 37.3 Å². The van der Waals surface area contributed by atoms with Gasteiger partial charge in [0.05, 0.1) is 26.4 Å². The molecule has 0 aromatic rings. The Morgan fingerprint density at radius 3 is 0.667 bits per heavy atom. The second kappa shape index (κ2) is 75.9. The van der Waals surface area contributed by atoms with E-state index in [2.05, 4.69) is 34.6 Å². The van der Waals surface area contributed by atoms with E-state index in [1.807, 2.05) is 0 Å². The fourth-order valence-corrected chi connectivity index (χ4v) is 14.5. The second-order valence-corrected chi connectivity index (χ2v) is 33.3. The molecule has 17 nitrogen and oxygen atoms in total. The fourth-order valence-electron chi connectivity index (χ4n) is 12.9. The molecule has 0 aromatic heterocycles. The number of unbranched alkanes of at least 4 members (excludes halogenated alkanes) is 55. The molecule has 0 rings (SSSR count). The van der Waals surface area contributed by atoms with E-state index in [4.69, 9.17) is 37.0 Å². The summed E-state index contributed by atoms with van der Waals surface area (Å²) in [5.74, 6) is -1.31. The summed E-state index contributed by atoms with van der Waals surface area (Å²) in [6, 6.07) is 0. The van der Waals surface area contributed by atoms with Crippen LogP contribution in [0, 0.1) is 5.92 Å². The molecular formula is C83H162O17P2. The summed E-state index contributed by atoms with van der Waals surface area (Å²) >= 11 is 0. The third-order valence-electron chi connectivity index (χ3n) is 19.5. The van der Waals surface area contributed by atoms with Crippen LogP contribution in [0.3, 0.4) is 0 Å². The number of hydrogen-bond acceptors (Lipinski definition) is 15. The molecule has 0 saturated heterocycles. The number of aliphatic hydroxyl groups is 1. The standard InChI is InChI=1S/C83H162O17P2/c1-6-9-12-15-18-21-24-27-28-29-30-31-32-33-34-35-38-44-49-54-59-64-69-83(88)100-79(73-94-81(86)67-62-57-52-47-43-39-36-37-40-45-50-55-60-65-76(4)5)75-98-102(91,92)96-71-77(84)70-95-101(89,90)97-74-78(99-82(87)68-63-58-53-48-42-26-23-20-17-14-11-8-3)72-93-80(85)66-61-56-51-46-41-25-22-19-16-13-10-7-2/h76-79,84H,6-75H2,1-5H3,(H,89,90)(H,91,92)/t77-,78+,79+/m0/s1. The van der Waals surface area contributed by atoms with E-state index >= 15 is 0 Å². The highest BCUT2D eigenvalue weighted by atomic mass is 31.2. The van der Waals surface area contributed by atoms with Crippen molar-refractivity contribution in [3.05, 3.63) is 0 Å². The molecule has 2 unspecified atom stereocenters. The van der Waals surface area contributed by atoms with E-state index < -0.39 is 97.5 Å². The summed E-state index contributed by atoms with van der Waals surface area (Å²) in [5.41, 5.74) is 0. The number of ether oxygens (including phenoxy) is 4. The molecule has 0 spiro atoms. The Kier molecular flexibility index (Phi) is 74.4. The van der Waals surface area contributed by atoms with Crippen LogP contribution in [0.15, 0.2) is 0 Å². The molecule has 606 valence electrons. The number of carbonyl (C=O) groups is 4. The Morgan fingerprint density at radius 2 is 0.451 bits per heavy atom. The molecule has 102 heavy (non-hydrogen) atoms. The van der Waals surface area contributed by atoms with Gasteiger partial charge in [-0.2, -0.15) is 0 Å². The van der Waals surface area contributed by atoms with Gasteiger partial charge in [0.2, 0.25) is 0 Å². The molecule has 0 amide bonds. The zero-order valence-corrected chi connectivity index (χ0v) is 68.5. The Hall–Kier alpha value is -1.94. The first-order valence-electron chi connectivity index (χ1n) is 43.1. The van der Waals surface area contributed by atoms with Crippen LogP contribution < -0.4 is 0 Å². The van der Waals surface area contributed by atoms with E-state index in [-0.39, 0.29) is 25.7 Å². The average molecular weight is 1490 g/mol. The highest BCUT2D eigenvalue weighted by Gasteiger charge is 2.30. The van der Waals surface area contributed by atoms with E-state index in [0.29, 0.717) is 25.7 Å². The molecule has 5 atom stereocenters. The summed E-state index contributed by atoms with van der Waals surface area (Å²) < 4.78 is 68.8. The number of aliphatic hydroxyl groups excluding tert-OH is 1. The topological polar surface area (TPSA) is 237 Å². The van der Waals surface area contributed by atoms with Gasteiger partial charge in [0.1, 0.15) is 19.3 Å². The minimum atomic E-state index is -4.96. The molecule has 0 bridgehead atoms. The number of carbonyl (C=O) groups excluding carboxylic acids is 4. The maximum absolute atomic E-state index is 13.1. The van der Waals surface area contributed by atoms with E-state index in [9.17, 15) is 43.2 Å². The van der Waals surface area contributed by atoms with Crippen molar-refractivity contribution in [3.63, 3.8) is 0 Å². The molecule has 0 heterocycles. The van der Waals surface area contributed by atoms with Crippen molar-refractivity contribution >= 4 is 39.5 Å². The van der Waals surface area contributed by atoms with E-state index in [0.717, 1.165) is 95.8 Å². The van der Waals surface area contributed by atoms with Crippen LogP contribution in [-0.4, -0.2) is 96.7 Å². The molecule has 0 radical (unpaired) electrons. The van der Waals surface area contributed by atoms with Gasteiger partial charge in [-0.1, -0.05) is 394 Å². The molecule has 0 aliphatic rings. The number of esters is 4. The average Bonchev–Trinajstić information content (AvgIpc) is 0.918. The number of phosphoric ester groups is 2. The van der Waals surface area contributed by atoms with Crippen LogP contribution in [0.5, 0.6) is 0 Å². The predicted octanol–water partition coefficient (Wildman–Crippen LogP) is 25.2. The van der Waals surface area contributed by atoms with E-state index in [1.165, 1.54) is 270 Å². The van der Waals surface area contributed by atoms with Crippen LogP contribution in [0.4, 0.5) is 0 Å². The lowest BCUT2D eigenvalue weighted by Crippen LogP contribution is -2.30. The van der Waals surface area contributed by atoms with Crippen LogP contribution in [-0.2, 0) is 65.4 Å². The normalized spacial score (nSPS) is 13.8. The van der Waals surface area contributed by atoms with Crippen molar-refractivity contribution in [2.75, 3.05) is 39.6 Å². The first kappa shape index (κ1) is 100. The number of phosphoric acid groups is 2. The van der Waals surface area contributed by atoms with Crippen LogP contribution >= 0.6 is 15.6 Å². The number of rotatable bonds is 83. The van der Waals surface area contributed by atoms with Gasteiger partial charge in [0.15, 0.2) is 12.2 Å². The molecule has 0 saturated carbocycles. The molecule has 0 fully saturated rings. The zero-order chi connectivity index (χ0) is 74.8. The molecule has 0 aliphatic heterocycles. The Labute approximate surface area is 626 Å². The van der Waals surface area contributed by atoms with Gasteiger partial charge in [0.25, 0.3) is 0 Å². The van der Waals surface area contributed by atoms with Crippen LogP contribution in [0.1, 0.15) is 446 Å². The maximum Gasteiger partial charge on any atom is 0.472 e. The predicted molar refractivity (Wildman–Crippen MR) is 418 cm³/mol. The maximum atomic E-state index is 13.1. The first-order valence-corrected chi connectivity index (χ1v) is 46.1. The first-order chi connectivity index (χ1) is 49.5. The van der Waals surface area contributed by atoms with Gasteiger partial charge in [-0.15, -0.1) is 0 Å². The fraction of sp³-hybridized carbons (Fsp3) is 0.952. The Morgan fingerprint density at radius 1 is 0.265 bits per heavy atom.